The van der Waals surface area contributed by atoms with E-state index < -0.39 is 5.82 Å². The standard InChI is InChI=1S/C16H27ClFN3/c1-2-3-4-5-6-7-8-9-10-21-16-13(20)11-12(19)14(17)15(16)18/h11,21H,2-10,19-20H2,1H3. The lowest BCUT2D eigenvalue weighted by molar-refractivity contribution is 0.580. The Labute approximate surface area is 132 Å². The van der Waals surface area contributed by atoms with Crippen LogP contribution in [0.25, 0.3) is 0 Å². The Morgan fingerprint density at radius 3 is 2.19 bits per heavy atom. The van der Waals surface area contributed by atoms with Crippen LogP contribution in [0.4, 0.5) is 21.5 Å². The lowest BCUT2D eigenvalue weighted by Gasteiger charge is -2.12. The van der Waals surface area contributed by atoms with Gasteiger partial charge < -0.3 is 16.8 Å². The van der Waals surface area contributed by atoms with Crippen LogP contribution < -0.4 is 16.8 Å². The van der Waals surface area contributed by atoms with Gasteiger partial charge in [0, 0.05) is 6.54 Å². The minimum atomic E-state index is -0.561. The number of nitrogen functional groups attached to an aromatic ring is 2. The summed E-state index contributed by atoms with van der Waals surface area (Å²) in [4.78, 5) is 0. The minimum Gasteiger partial charge on any atom is -0.397 e. The van der Waals surface area contributed by atoms with Crippen molar-refractivity contribution < 1.29 is 4.39 Å². The first-order valence-corrected chi connectivity index (χ1v) is 8.22. The van der Waals surface area contributed by atoms with Gasteiger partial charge in [-0.05, 0) is 12.5 Å². The Morgan fingerprint density at radius 1 is 1.00 bits per heavy atom. The second-order valence-corrected chi connectivity index (χ2v) is 5.84. The topological polar surface area (TPSA) is 64.1 Å². The smallest absolute Gasteiger partial charge is 0.169 e. The molecule has 0 aliphatic carbocycles. The van der Waals surface area contributed by atoms with Crippen LogP contribution in [0.5, 0.6) is 0 Å². The third-order valence-corrected chi connectivity index (χ3v) is 3.98. The predicted molar refractivity (Wildman–Crippen MR) is 91.3 cm³/mol. The second-order valence-electron chi connectivity index (χ2n) is 5.46. The van der Waals surface area contributed by atoms with E-state index in [4.69, 9.17) is 23.1 Å². The molecular weight excluding hydrogens is 289 g/mol. The Hall–Kier alpha value is -1.16. The van der Waals surface area contributed by atoms with Gasteiger partial charge in [-0.15, -0.1) is 0 Å². The van der Waals surface area contributed by atoms with Crippen LogP contribution in [0.1, 0.15) is 58.3 Å². The molecule has 0 aromatic heterocycles. The van der Waals surface area contributed by atoms with Gasteiger partial charge in [0.2, 0.25) is 0 Å². The number of rotatable bonds is 10. The molecule has 0 fully saturated rings. The molecule has 120 valence electrons. The van der Waals surface area contributed by atoms with Crippen LogP contribution in [0.2, 0.25) is 5.02 Å². The molecule has 0 bridgehead atoms. The molecule has 5 N–H and O–H groups in total. The lowest BCUT2D eigenvalue weighted by atomic mass is 10.1. The van der Waals surface area contributed by atoms with Crippen molar-refractivity contribution in [3.05, 3.63) is 16.9 Å². The van der Waals surface area contributed by atoms with Crippen LogP contribution in [-0.4, -0.2) is 6.54 Å². The first-order valence-electron chi connectivity index (χ1n) is 7.84. The van der Waals surface area contributed by atoms with Gasteiger partial charge in [0.15, 0.2) is 5.82 Å². The maximum absolute atomic E-state index is 13.9. The number of anilines is 3. The average Bonchev–Trinajstić information content (AvgIpc) is 2.46. The molecule has 0 aliphatic rings. The summed E-state index contributed by atoms with van der Waals surface area (Å²) in [7, 11) is 0. The third-order valence-electron chi connectivity index (χ3n) is 3.60. The molecule has 1 aromatic carbocycles. The van der Waals surface area contributed by atoms with Crippen molar-refractivity contribution in [2.45, 2.75) is 58.3 Å². The van der Waals surface area contributed by atoms with Crippen molar-refractivity contribution in [3.8, 4) is 0 Å². The fraction of sp³-hybridized carbons (Fsp3) is 0.625. The Kier molecular flexibility index (Phi) is 8.28. The van der Waals surface area contributed by atoms with E-state index in [0.717, 1.165) is 12.8 Å². The van der Waals surface area contributed by atoms with Gasteiger partial charge in [-0.1, -0.05) is 63.5 Å². The minimum absolute atomic E-state index is 0.0670. The molecule has 0 atom stereocenters. The van der Waals surface area contributed by atoms with E-state index in [9.17, 15) is 4.39 Å². The highest BCUT2D eigenvalue weighted by Gasteiger charge is 2.13. The van der Waals surface area contributed by atoms with E-state index in [2.05, 4.69) is 12.2 Å². The van der Waals surface area contributed by atoms with Crippen LogP contribution in [-0.2, 0) is 0 Å². The van der Waals surface area contributed by atoms with Crippen LogP contribution in [0.15, 0.2) is 6.07 Å². The van der Waals surface area contributed by atoms with Gasteiger partial charge in [0.25, 0.3) is 0 Å². The third kappa shape index (κ3) is 6.00. The van der Waals surface area contributed by atoms with E-state index in [1.165, 1.54) is 44.6 Å². The predicted octanol–water partition coefficient (Wildman–Crippen LogP) is 5.20. The highest BCUT2D eigenvalue weighted by molar-refractivity contribution is 6.33. The number of nitrogens with one attached hydrogen (secondary N) is 1. The van der Waals surface area contributed by atoms with Gasteiger partial charge in [-0.2, -0.15) is 0 Å². The molecule has 0 heterocycles. The van der Waals surface area contributed by atoms with Gasteiger partial charge >= 0.3 is 0 Å². The zero-order valence-corrected chi connectivity index (χ0v) is 13.6. The number of nitrogens with two attached hydrogens (primary N) is 2. The van der Waals surface area contributed by atoms with E-state index in [1.54, 1.807) is 0 Å². The number of unbranched alkanes of at least 4 members (excludes halogenated alkanes) is 7. The maximum Gasteiger partial charge on any atom is 0.169 e. The van der Waals surface area contributed by atoms with Crippen molar-refractivity contribution in [1.29, 1.82) is 0 Å². The van der Waals surface area contributed by atoms with Gasteiger partial charge in [0.05, 0.1) is 17.1 Å². The fourth-order valence-corrected chi connectivity index (χ4v) is 2.47. The summed E-state index contributed by atoms with van der Waals surface area (Å²) < 4.78 is 13.9. The van der Waals surface area contributed by atoms with Crippen molar-refractivity contribution in [1.82, 2.24) is 0 Å². The first kappa shape index (κ1) is 17.9. The normalized spacial score (nSPS) is 10.8. The molecule has 0 aliphatic heterocycles. The molecular formula is C16H27ClFN3. The van der Waals surface area contributed by atoms with Gasteiger partial charge in [0.1, 0.15) is 5.02 Å². The zero-order chi connectivity index (χ0) is 15.7. The van der Waals surface area contributed by atoms with Crippen molar-refractivity contribution in [2.24, 2.45) is 0 Å². The molecule has 21 heavy (non-hydrogen) atoms. The largest absolute Gasteiger partial charge is 0.397 e. The molecule has 0 radical (unpaired) electrons. The van der Waals surface area contributed by atoms with Gasteiger partial charge in [-0.3, -0.25) is 0 Å². The summed E-state index contributed by atoms with van der Waals surface area (Å²) in [6.07, 6.45) is 9.91. The summed E-state index contributed by atoms with van der Waals surface area (Å²) in [5, 5.41) is 2.95. The van der Waals surface area contributed by atoms with Crippen molar-refractivity contribution in [2.75, 3.05) is 23.3 Å². The van der Waals surface area contributed by atoms with Crippen LogP contribution in [0.3, 0.4) is 0 Å². The number of benzene rings is 1. The summed E-state index contributed by atoms with van der Waals surface area (Å²) >= 11 is 5.78. The maximum atomic E-state index is 13.9. The lowest BCUT2D eigenvalue weighted by Crippen LogP contribution is -2.08. The van der Waals surface area contributed by atoms with Gasteiger partial charge in [-0.25, -0.2) is 4.39 Å². The van der Waals surface area contributed by atoms with Crippen molar-refractivity contribution >= 4 is 28.7 Å². The van der Waals surface area contributed by atoms with E-state index >= 15 is 0 Å². The molecule has 0 saturated carbocycles. The number of hydrogen-bond donors (Lipinski definition) is 3. The van der Waals surface area contributed by atoms with E-state index in [-0.39, 0.29) is 16.4 Å². The molecule has 0 spiro atoms. The molecule has 0 saturated heterocycles. The average molecular weight is 316 g/mol. The zero-order valence-electron chi connectivity index (χ0n) is 12.9. The number of halogens is 2. The molecule has 1 rings (SSSR count). The molecule has 0 unspecified atom stereocenters. The summed E-state index contributed by atoms with van der Waals surface area (Å²) in [6.45, 7) is 2.91. The summed E-state index contributed by atoms with van der Waals surface area (Å²) in [5.74, 6) is -0.561. The molecule has 3 nitrogen and oxygen atoms in total. The SMILES string of the molecule is CCCCCCCCCCNc1c(N)cc(N)c(Cl)c1F. The first-order chi connectivity index (χ1) is 10.1. The molecule has 0 amide bonds. The van der Waals surface area contributed by atoms with E-state index in [1.807, 2.05) is 0 Å². The van der Waals surface area contributed by atoms with Crippen LogP contribution in [0, 0.1) is 5.82 Å². The quantitative estimate of drug-likeness (QED) is 0.411. The number of hydrogen-bond acceptors (Lipinski definition) is 3. The monoisotopic (exact) mass is 315 g/mol. The Bertz CT molecular complexity index is 438. The molecule has 1 aromatic rings. The summed E-state index contributed by atoms with van der Waals surface area (Å²) in [5.41, 5.74) is 12.0. The highest BCUT2D eigenvalue weighted by Crippen LogP contribution is 2.33. The second kappa shape index (κ2) is 9.72. The molecule has 5 heteroatoms. The highest BCUT2D eigenvalue weighted by atomic mass is 35.5. The fourth-order valence-electron chi connectivity index (χ4n) is 2.32. The Morgan fingerprint density at radius 2 is 1.57 bits per heavy atom. The Balaban J connectivity index is 2.23. The van der Waals surface area contributed by atoms with E-state index in [0.29, 0.717) is 12.2 Å². The summed E-state index contributed by atoms with van der Waals surface area (Å²) in [6, 6.07) is 1.49. The van der Waals surface area contributed by atoms with Crippen molar-refractivity contribution in [3.63, 3.8) is 0 Å². The van der Waals surface area contributed by atoms with Crippen LogP contribution >= 0.6 is 11.6 Å².